The Morgan fingerprint density at radius 1 is 1.05 bits per heavy atom. The van der Waals surface area contributed by atoms with Crippen molar-refractivity contribution in [1.82, 2.24) is 14.9 Å². The van der Waals surface area contributed by atoms with Crippen LogP contribution in [0.4, 0.5) is 4.79 Å². The van der Waals surface area contributed by atoms with Gasteiger partial charge in [0.25, 0.3) is 0 Å². The molecule has 1 heterocycles. The van der Waals surface area contributed by atoms with Gasteiger partial charge in [-0.1, -0.05) is 12.8 Å². The maximum Gasteiger partial charge on any atom is 0.315 e. The van der Waals surface area contributed by atoms with E-state index in [-0.39, 0.29) is 17.8 Å². The van der Waals surface area contributed by atoms with Crippen LogP contribution in [0.15, 0.2) is 0 Å². The summed E-state index contributed by atoms with van der Waals surface area (Å²) in [5.41, 5.74) is 0. The average molecular weight is 303 g/mol. The monoisotopic (exact) mass is 303 g/mol. The summed E-state index contributed by atoms with van der Waals surface area (Å²) in [7, 11) is -3.09. The van der Waals surface area contributed by atoms with Crippen LogP contribution in [-0.4, -0.2) is 49.7 Å². The molecule has 1 aliphatic carbocycles. The van der Waals surface area contributed by atoms with Crippen LogP contribution in [0.2, 0.25) is 0 Å². The first-order valence-electron chi connectivity index (χ1n) is 7.56. The van der Waals surface area contributed by atoms with Crippen molar-refractivity contribution in [3.05, 3.63) is 0 Å². The number of nitrogens with zero attached hydrogens (tertiary/aromatic N) is 1. The van der Waals surface area contributed by atoms with Gasteiger partial charge in [-0.15, -0.1) is 0 Å². The number of urea groups is 1. The van der Waals surface area contributed by atoms with Crippen molar-refractivity contribution in [2.45, 2.75) is 57.5 Å². The van der Waals surface area contributed by atoms with Crippen LogP contribution in [0.1, 0.15) is 45.4 Å². The molecule has 1 aliphatic heterocycles. The lowest BCUT2D eigenvalue weighted by molar-refractivity contribution is 0.224. The van der Waals surface area contributed by atoms with E-state index >= 15 is 0 Å². The van der Waals surface area contributed by atoms with Gasteiger partial charge in [0, 0.05) is 25.2 Å². The smallest absolute Gasteiger partial charge is 0.315 e. The lowest BCUT2D eigenvalue weighted by atomic mass is 10.1. The Hall–Kier alpha value is -0.820. The molecule has 0 bridgehead atoms. The van der Waals surface area contributed by atoms with Gasteiger partial charge >= 0.3 is 6.03 Å². The minimum absolute atomic E-state index is 0.0831. The molecule has 20 heavy (non-hydrogen) atoms. The Morgan fingerprint density at radius 2 is 1.55 bits per heavy atom. The van der Waals surface area contributed by atoms with Gasteiger partial charge in [-0.3, -0.25) is 0 Å². The minimum Gasteiger partial charge on any atom is -0.335 e. The number of carbonyl (C=O) groups is 1. The third kappa shape index (κ3) is 4.09. The van der Waals surface area contributed by atoms with E-state index in [4.69, 9.17) is 0 Å². The van der Waals surface area contributed by atoms with E-state index in [0.717, 1.165) is 12.8 Å². The van der Waals surface area contributed by atoms with Crippen LogP contribution in [0, 0.1) is 0 Å². The lowest BCUT2D eigenvalue weighted by Crippen LogP contribution is -2.50. The standard InChI is InChI=1S/C13H25N3O3S/c1-2-20(18,19)16-9-7-12(8-10-16)15-13(17)14-11-5-3-4-6-11/h11-12H,2-10H2,1H3,(H2,14,15,17). The Labute approximate surface area is 121 Å². The summed E-state index contributed by atoms with van der Waals surface area (Å²) in [6.07, 6.45) is 5.91. The molecule has 2 N–H and O–H groups in total. The molecule has 0 radical (unpaired) electrons. The Balaban J connectivity index is 1.72. The van der Waals surface area contributed by atoms with E-state index in [1.165, 1.54) is 17.1 Å². The van der Waals surface area contributed by atoms with Crippen molar-refractivity contribution in [2.75, 3.05) is 18.8 Å². The first kappa shape index (κ1) is 15.6. The van der Waals surface area contributed by atoms with Gasteiger partial charge in [-0.05, 0) is 32.6 Å². The highest BCUT2D eigenvalue weighted by Crippen LogP contribution is 2.18. The predicted octanol–water partition coefficient (Wildman–Crippen LogP) is 1.04. The number of rotatable bonds is 4. The number of carbonyl (C=O) groups excluding carboxylic acids is 1. The normalized spacial score (nSPS) is 22.9. The van der Waals surface area contributed by atoms with Crippen molar-refractivity contribution >= 4 is 16.1 Å². The molecule has 0 unspecified atom stereocenters. The van der Waals surface area contributed by atoms with E-state index in [0.29, 0.717) is 32.0 Å². The fourth-order valence-corrected chi connectivity index (χ4v) is 4.08. The molecule has 7 heteroatoms. The summed E-state index contributed by atoms with van der Waals surface area (Å²) in [6.45, 7) is 2.67. The molecule has 1 saturated heterocycles. The number of hydrogen-bond acceptors (Lipinski definition) is 3. The van der Waals surface area contributed by atoms with Crippen LogP contribution >= 0.6 is 0 Å². The van der Waals surface area contributed by atoms with E-state index in [1.54, 1.807) is 6.92 Å². The van der Waals surface area contributed by atoms with Crippen LogP contribution in [0.25, 0.3) is 0 Å². The molecule has 6 nitrogen and oxygen atoms in total. The topological polar surface area (TPSA) is 78.5 Å². The Morgan fingerprint density at radius 3 is 2.05 bits per heavy atom. The van der Waals surface area contributed by atoms with Gasteiger partial charge in [0.1, 0.15) is 0 Å². The molecule has 1 saturated carbocycles. The molecule has 2 fully saturated rings. The maximum absolute atomic E-state index is 11.8. The average Bonchev–Trinajstić information content (AvgIpc) is 2.92. The van der Waals surface area contributed by atoms with Crippen molar-refractivity contribution in [3.63, 3.8) is 0 Å². The number of piperidine rings is 1. The molecule has 0 aromatic rings. The van der Waals surface area contributed by atoms with Crippen LogP contribution in [0.3, 0.4) is 0 Å². The molecule has 2 rings (SSSR count). The zero-order valence-electron chi connectivity index (χ0n) is 12.1. The first-order chi connectivity index (χ1) is 9.51. The van der Waals surface area contributed by atoms with Crippen molar-refractivity contribution in [2.24, 2.45) is 0 Å². The fourth-order valence-electron chi connectivity index (χ4n) is 2.94. The SMILES string of the molecule is CCS(=O)(=O)N1CCC(NC(=O)NC2CCCC2)CC1. The third-order valence-electron chi connectivity index (χ3n) is 4.24. The molecule has 2 amide bonds. The van der Waals surface area contributed by atoms with E-state index in [1.807, 2.05) is 0 Å². The van der Waals surface area contributed by atoms with E-state index < -0.39 is 10.0 Å². The van der Waals surface area contributed by atoms with Gasteiger partial charge in [0.15, 0.2) is 0 Å². The summed E-state index contributed by atoms with van der Waals surface area (Å²) in [6, 6.07) is 0.295. The highest BCUT2D eigenvalue weighted by atomic mass is 32.2. The number of nitrogens with one attached hydrogen (secondary N) is 2. The lowest BCUT2D eigenvalue weighted by Gasteiger charge is -2.31. The Bertz CT molecular complexity index is 424. The summed E-state index contributed by atoms with van der Waals surface area (Å²) >= 11 is 0. The number of amides is 2. The Kier molecular flexibility index (Phi) is 5.26. The van der Waals surface area contributed by atoms with Gasteiger partial charge in [0.05, 0.1) is 5.75 Å². The second-order valence-electron chi connectivity index (χ2n) is 5.67. The second-order valence-corrected chi connectivity index (χ2v) is 7.93. The van der Waals surface area contributed by atoms with E-state index in [2.05, 4.69) is 10.6 Å². The summed E-state index contributed by atoms with van der Waals surface area (Å²) < 4.78 is 25.0. The largest absolute Gasteiger partial charge is 0.335 e. The molecule has 0 aromatic heterocycles. The van der Waals surface area contributed by atoms with Crippen LogP contribution in [-0.2, 0) is 10.0 Å². The number of sulfonamides is 1. The van der Waals surface area contributed by atoms with Crippen molar-refractivity contribution in [3.8, 4) is 0 Å². The molecule has 0 spiro atoms. The quantitative estimate of drug-likeness (QED) is 0.814. The van der Waals surface area contributed by atoms with Gasteiger partial charge in [-0.25, -0.2) is 17.5 Å². The van der Waals surface area contributed by atoms with Crippen LogP contribution < -0.4 is 10.6 Å². The van der Waals surface area contributed by atoms with Crippen molar-refractivity contribution < 1.29 is 13.2 Å². The van der Waals surface area contributed by atoms with Crippen molar-refractivity contribution in [1.29, 1.82) is 0 Å². The summed E-state index contributed by atoms with van der Waals surface area (Å²) in [4.78, 5) is 11.8. The first-order valence-corrected chi connectivity index (χ1v) is 9.17. The predicted molar refractivity (Wildman–Crippen MR) is 78.0 cm³/mol. The number of hydrogen-bond donors (Lipinski definition) is 2. The second kappa shape index (κ2) is 6.76. The maximum atomic E-state index is 11.8. The molecule has 2 aliphatic rings. The zero-order valence-corrected chi connectivity index (χ0v) is 12.9. The van der Waals surface area contributed by atoms with Gasteiger partial charge < -0.3 is 10.6 Å². The minimum atomic E-state index is -3.09. The molecular formula is C13H25N3O3S. The zero-order chi connectivity index (χ0) is 14.6. The van der Waals surface area contributed by atoms with Gasteiger partial charge in [-0.2, -0.15) is 0 Å². The third-order valence-corrected chi connectivity index (χ3v) is 6.12. The summed E-state index contributed by atoms with van der Waals surface area (Å²) in [5.74, 6) is 0.146. The fraction of sp³-hybridized carbons (Fsp3) is 0.923. The van der Waals surface area contributed by atoms with Gasteiger partial charge in [0.2, 0.25) is 10.0 Å². The molecular weight excluding hydrogens is 278 g/mol. The van der Waals surface area contributed by atoms with E-state index in [9.17, 15) is 13.2 Å². The molecule has 116 valence electrons. The summed E-state index contributed by atoms with van der Waals surface area (Å²) in [5, 5.41) is 5.96. The highest BCUT2D eigenvalue weighted by molar-refractivity contribution is 7.89. The molecule has 0 atom stereocenters. The van der Waals surface area contributed by atoms with Crippen LogP contribution in [0.5, 0.6) is 0 Å². The highest BCUT2D eigenvalue weighted by Gasteiger charge is 2.27. The molecule has 0 aromatic carbocycles.